The average molecular weight is 413 g/mol. The molecule has 0 saturated heterocycles. The Labute approximate surface area is 170 Å². The predicted molar refractivity (Wildman–Crippen MR) is 106 cm³/mol. The molecule has 0 bridgehead atoms. The van der Waals surface area contributed by atoms with Crippen molar-refractivity contribution in [2.24, 2.45) is 0 Å². The number of hydrogen-bond acceptors (Lipinski definition) is 4. The monoisotopic (exact) mass is 413 g/mol. The molecule has 1 aromatic heterocycles. The van der Waals surface area contributed by atoms with Gasteiger partial charge in [0.25, 0.3) is 0 Å². The second kappa shape index (κ2) is 8.06. The number of nitrogens with zero attached hydrogens (tertiary/aromatic N) is 1. The lowest BCUT2D eigenvalue weighted by Gasteiger charge is -2.27. The van der Waals surface area contributed by atoms with Crippen molar-refractivity contribution in [3.8, 4) is 11.5 Å². The summed E-state index contributed by atoms with van der Waals surface area (Å²) in [5.74, 6) is 0.139. The molecule has 154 valence electrons. The van der Waals surface area contributed by atoms with Crippen LogP contribution in [-0.4, -0.2) is 24.0 Å². The van der Waals surface area contributed by atoms with Gasteiger partial charge >= 0.3 is 6.18 Å². The van der Waals surface area contributed by atoms with E-state index >= 15 is 0 Å². The second-order valence-corrected chi connectivity index (χ2v) is 6.73. The summed E-state index contributed by atoms with van der Waals surface area (Å²) in [6.45, 7) is 0.229. The number of nitrogens with one attached hydrogen (secondary N) is 2. The van der Waals surface area contributed by atoms with E-state index in [0.29, 0.717) is 11.5 Å². The first-order valence-corrected chi connectivity index (χ1v) is 9.34. The topological polar surface area (TPSA) is 63.2 Å². The van der Waals surface area contributed by atoms with Crippen LogP contribution >= 0.6 is 0 Å². The first-order chi connectivity index (χ1) is 14.4. The second-order valence-electron chi connectivity index (χ2n) is 6.73. The number of rotatable bonds is 5. The maximum Gasteiger partial charge on any atom is 0.419 e. The Bertz CT molecular complexity index is 1020. The molecule has 1 amide bonds. The SMILES string of the molecule is O=C(NCCNc1ncccc1C(F)(F)F)C1c2ccccc2Oc2ccccc21. The third-order valence-electron chi connectivity index (χ3n) is 4.77. The molecule has 5 nitrogen and oxygen atoms in total. The predicted octanol–water partition coefficient (Wildman–Crippen LogP) is 4.57. The molecule has 0 spiro atoms. The average Bonchev–Trinajstić information content (AvgIpc) is 2.74. The van der Waals surface area contributed by atoms with E-state index in [1.165, 1.54) is 12.3 Å². The molecule has 0 saturated carbocycles. The van der Waals surface area contributed by atoms with Gasteiger partial charge in [-0.2, -0.15) is 13.2 Å². The summed E-state index contributed by atoms with van der Waals surface area (Å²) in [7, 11) is 0. The highest BCUT2D eigenvalue weighted by atomic mass is 19.4. The largest absolute Gasteiger partial charge is 0.457 e. The summed E-state index contributed by atoms with van der Waals surface area (Å²) in [5.41, 5.74) is 0.639. The van der Waals surface area contributed by atoms with Crippen molar-refractivity contribution in [2.75, 3.05) is 18.4 Å². The molecule has 4 rings (SSSR count). The smallest absolute Gasteiger partial charge is 0.419 e. The Kier molecular flexibility index (Phi) is 5.31. The number of alkyl halides is 3. The van der Waals surface area contributed by atoms with Crippen LogP contribution in [0.4, 0.5) is 19.0 Å². The molecule has 2 aromatic carbocycles. The fraction of sp³-hybridized carbons (Fsp3) is 0.182. The van der Waals surface area contributed by atoms with Gasteiger partial charge in [0.05, 0.1) is 11.5 Å². The molecular formula is C22H18F3N3O2. The quantitative estimate of drug-likeness (QED) is 0.602. The van der Waals surface area contributed by atoms with E-state index in [9.17, 15) is 18.0 Å². The minimum absolute atomic E-state index is 0.0956. The molecule has 0 unspecified atom stereocenters. The fourth-order valence-corrected chi connectivity index (χ4v) is 3.44. The summed E-state index contributed by atoms with van der Waals surface area (Å²) < 4.78 is 45.0. The first-order valence-electron chi connectivity index (χ1n) is 9.34. The number of benzene rings is 2. The lowest BCUT2D eigenvalue weighted by molar-refractivity contribution is -0.137. The number of aromatic nitrogens is 1. The molecule has 1 aliphatic heterocycles. The summed E-state index contributed by atoms with van der Waals surface area (Å²) in [6, 6.07) is 16.8. The molecule has 0 radical (unpaired) electrons. The number of ether oxygens (including phenoxy) is 1. The van der Waals surface area contributed by atoms with Crippen LogP contribution in [0, 0.1) is 0 Å². The molecule has 8 heteroatoms. The van der Waals surface area contributed by atoms with Gasteiger partial charge in [0.1, 0.15) is 17.3 Å². The van der Waals surface area contributed by atoms with Gasteiger partial charge in [0.15, 0.2) is 0 Å². The van der Waals surface area contributed by atoms with E-state index in [1.807, 2.05) is 36.4 Å². The van der Waals surface area contributed by atoms with Crippen molar-refractivity contribution in [3.05, 3.63) is 83.6 Å². The van der Waals surface area contributed by atoms with Crippen molar-refractivity contribution in [2.45, 2.75) is 12.1 Å². The Balaban J connectivity index is 1.45. The molecule has 0 atom stereocenters. The zero-order valence-electron chi connectivity index (χ0n) is 15.7. The zero-order valence-corrected chi connectivity index (χ0v) is 15.7. The number of carbonyl (C=O) groups excluding carboxylic acids is 1. The van der Waals surface area contributed by atoms with E-state index < -0.39 is 17.7 Å². The zero-order chi connectivity index (χ0) is 21.1. The van der Waals surface area contributed by atoms with Crippen molar-refractivity contribution >= 4 is 11.7 Å². The number of amides is 1. The summed E-state index contributed by atoms with van der Waals surface area (Å²) >= 11 is 0. The van der Waals surface area contributed by atoms with E-state index in [0.717, 1.165) is 17.2 Å². The summed E-state index contributed by atoms with van der Waals surface area (Å²) in [6.07, 6.45) is -3.22. The van der Waals surface area contributed by atoms with Crippen LogP contribution in [-0.2, 0) is 11.0 Å². The number of para-hydroxylation sites is 2. The molecule has 1 aliphatic rings. The van der Waals surface area contributed by atoms with Crippen molar-refractivity contribution in [1.82, 2.24) is 10.3 Å². The normalized spacial score (nSPS) is 13.0. The molecule has 2 N–H and O–H groups in total. The highest BCUT2D eigenvalue weighted by molar-refractivity contribution is 5.89. The molecular weight excluding hydrogens is 395 g/mol. The van der Waals surface area contributed by atoms with Crippen LogP contribution in [0.5, 0.6) is 11.5 Å². The maximum absolute atomic E-state index is 13.0. The number of carbonyl (C=O) groups is 1. The molecule has 0 aliphatic carbocycles. The Hall–Kier alpha value is -3.55. The van der Waals surface area contributed by atoms with Crippen molar-refractivity contribution in [3.63, 3.8) is 0 Å². The van der Waals surface area contributed by atoms with Gasteiger partial charge in [0.2, 0.25) is 5.91 Å². The third-order valence-corrected chi connectivity index (χ3v) is 4.77. The number of anilines is 1. The highest BCUT2D eigenvalue weighted by Crippen LogP contribution is 2.43. The lowest BCUT2D eigenvalue weighted by atomic mass is 9.87. The van der Waals surface area contributed by atoms with Gasteiger partial charge < -0.3 is 15.4 Å². The van der Waals surface area contributed by atoms with Crippen molar-refractivity contribution in [1.29, 1.82) is 0 Å². The lowest BCUT2D eigenvalue weighted by Crippen LogP contribution is -2.34. The van der Waals surface area contributed by atoms with Gasteiger partial charge in [-0.05, 0) is 24.3 Å². The Morgan fingerprint density at radius 1 is 0.933 bits per heavy atom. The summed E-state index contributed by atoms with van der Waals surface area (Å²) in [5, 5.41) is 5.44. The van der Waals surface area contributed by atoms with Crippen LogP contribution in [0.1, 0.15) is 22.6 Å². The maximum atomic E-state index is 13.0. The van der Waals surface area contributed by atoms with E-state index in [2.05, 4.69) is 15.6 Å². The fourth-order valence-electron chi connectivity index (χ4n) is 3.44. The highest BCUT2D eigenvalue weighted by Gasteiger charge is 2.34. The van der Waals surface area contributed by atoms with Crippen LogP contribution in [0.15, 0.2) is 66.9 Å². The van der Waals surface area contributed by atoms with Gasteiger partial charge in [-0.3, -0.25) is 4.79 Å². The van der Waals surface area contributed by atoms with Crippen LogP contribution < -0.4 is 15.4 Å². The Morgan fingerprint density at radius 3 is 2.20 bits per heavy atom. The number of fused-ring (bicyclic) bond motifs is 2. The number of hydrogen-bond donors (Lipinski definition) is 2. The number of pyridine rings is 1. The van der Waals surface area contributed by atoms with E-state index in [-0.39, 0.29) is 24.8 Å². The van der Waals surface area contributed by atoms with E-state index in [1.54, 1.807) is 12.1 Å². The van der Waals surface area contributed by atoms with Gasteiger partial charge in [-0.15, -0.1) is 0 Å². The standard InChI is InChI=1S/C22H18F3N3O2/c23-22(24,25)16-8-5-11-26-20(16)27-12-13-28-21(29)19-14-6-1-3-9-17(14)30-18-10-4-2-7-15(18)19/h1-11,19H,12-13H2,(H,26,27)(H,28,29). The molecule has 0 fully saturated rings. The van der Waals surface area contributed by atoms with Gasteiger partial charge in [0, 0.05) is 30.4 Å². The molecule has 3 aromatic rings. The Morgan fingerprint density at radius 2 is 1.57 bits per heavy atom. The number of halogens is 3. The van der Waals surface area contributed by atoms with Crippen LogP contribution in [0.2, 0.25) is 0 Å². The van der Waals surface area contributed by atoms with Crippen LogP contribution in [0.25, 0.3) is 0 Å². The minimum atomic E-state index is -4.50. The summed E-state index contributed by atoms with van der Waals surface area (Å²) in [4.78, 5) is 16.7. The molecule has 2 heterocycles. The molecule has 30 heavy (non-hydrogen) atoms. The first kappa shape index (κ1) is 19.8. The van der Waals surface area contributed by atoms with Gasteiger partial charge in [-0.1, -0.05) is 36.4 Å². The third kappa shape index (κ3) is 3.94. The van der Waals surface area contributed by atoms with Crippen molar-refractivity contribution < 1.29 is 22.7 Å². The van der Waals surface area contributed by atoms with E-state index in [4.69, 9.17) is 4.74 Å². The van der Waals surface area contributed by atoms with Crippen LogP contribution in [0.3, 0.4) is 0 Å². The van der Waals surface area contributed by atoms with Gasteiger partial charge in [-0.25, -0.2) is 4.98 Å². The minimum Gasteiger partial charge on any atom is -0.457 e.